The Morgan fingerprint density at radius 2 is 1.52 bits per heavy atom. The topological polar surface area (TPSA) is 108 Å². The highest BCUT2D eigenvalue weighted by atomic mass is 32.2. The summed E-state index contributed by atoms with van der Waals surface area (Å²) < 4.78 is 21.0. The maximum absolute atomic E-state index is 11.4. The van der Waals surface area contributed by atoms with Gasteiger partial charge in [-0.1, -0.05) is 18.7 Å². The third-order valence-electron chi connectivity index (χ3n) is 3.05. The quantitative estimate of drug-likeness (QED) is 0.433. The molecule has 0 aromatic carbocycles. The van der Waals surface area contributed by atoms with Crippen molar-refractivity contribution >= 4 is 29.7 Å². The van der Waals surface area contributed by atoms with Crippen LogP contribution in [0.5, 0.6) is 0 Å². The normalized spacial score (nSPS) is 33.7. The van der Waals surface area contributed by atoms with Gasteiger partial charge in [-0.05, 0) is 12.7 Å². The van der Waals surface area contributed by atoms with E-state index < -0.39 is 47.4 Å². The molecule has 8 nitrogen and oxygen atoms in total. The van der Waals surface area contributed by atoms with Gasteiger partial charge in [0.1, 0.15) is 0 Å². The van der Waals surface area contributed by atoms with Crippen LogP contribution < -0.4 is 0 Å². The van der Waals surface area contributed by atoms with Crippen molar-refractivity contribution in [3.63, 3.8) is 0 Å². The van der Waals surface area contributed by atoms with E-state index in [-0.39, 0.29) is 0 Å². The van der Waals surface area contributed by atoms with Crippen molar-refractivity contribution in [3.8, 4) is 0 Å². The first kappa shape index (κ1) is 19.7. The molecule has 0 bridgehead atoms. The summed E-state index contributed by atoms with van der Waals surface area (Å²) in [4.78, 5) is 34.1. The van der Waals surface area contributed by atoms with Crippen molar-refractivity contribution in [2.45, 2.75) is 64.2 Å². The van der Waals surface area contributed by atoms with Crippen molar-refractivity contribution in [2.75, 3.05) is 5.75 Å². The Labute approximate surface area is 138 Å². The van der Waals surface area contributed by atoms with Gasteiger partial charge in [-0.3, -0.25) is 14.4 Å². The van der Waals surface area contributed by atoms with Crippen LogP contribution in [0.3, 0.4) is 0 Å². The molecular formula is C14H22O8S. The lowest BCUT2D eigenvalue weighted by Crippen LogP contribution is -2.65. The van der Waals surface area contributed by atoms with Gasteiger partial charge in [0.25, 0.3) is 5.12 Å². The SMILES string of the molecule is CCSC1(O)O[C@@H](C)[C@@H](OC(C)=O)[C@@H](OC(C)=O)[C@@H]1OC(C)=O. The minimum atomic E-state index is -1.92. The van der Waals surface area contributed by atoms with Crippen LogP contribution in [0, 0.1) is 0 Å². The van der Waals surface area contributed by atoms with E-state index in [1.54, 1.807) is 13.8 Å². The fourth-order valence-corrected chi connectivity index (χ4v) is 3.35. The Morgan fingerprint density at radius 1 is 1.04 bits per heavy atom. The van der Waals surface area contributed by atoms with Gasteiger partial charge in [0.15, 0.2) is 12.2 Å². The number of rotatable bonds is 5. The monoisotopic (exact) mass is 350 g/mol. The zero-order valence-electron chi connectivity index (χ0n) is 13.7. The molecule has 0 radical (unpaired) electrons. The van der Waals surface area contributed by atoms with Crippen LogP contribution in [-0.4, -0.2) is 58.3 Å². The molecule has 132 valence electrons. The largest absolute Gasteiger partial charge is 0.456 e. The van der Waals surface area contributed by atoms with Crippen molar-refractivity contribution < 1.29 is 38.4 Å². The lowest BCUT2D eigenvalue weighted by Gasteiger charge is -2.47. The molecule has 1 saturated heterocycles. The molecule has 23 heavy (non-hydrogen) atoms. The minimum Gasteiger partial charge on any atom is -0.456 e. The molecule has 1 rings (SSSR count). The first-order valence-corrected chi connectivity index (χ1v) is 8.15. The Kier molecular flexibility index (Phi) is 6.84. The van der Waals surface area contributed by atoms with E-state index in [9.17, 15) is 19.5 Å². The Hall–Kier alpha value is -1.32. The standard InChI is InChI=1S/C14H22O8S/c1-6-23-14(18)13(21-10(5)17)12(20-9(4)16)11(7(2)22-14)19-8(3)15/h7,11-13,18H,6H2,1-5H3/t7-,11+,12+,13-,14?/m0/s1. The molecule has 0 saturated carbocycles. The van der Waals surface area contributed by atoms with Gasteiger partial charge in [-0.2, -0.15) is 0 Å². The van der Waals surface area contributed by atoms with Crippen LogP contribution in [0.15, 0.2) is 0 Å². The van der Waals surface area contributed by atoms with E-state index in [0.29, 0.717) is 5.75 Å². The second-order valence-electron chi connectivity index (χ2n) is 5.06. The van der Waals surface area contributed by atoms with E-state index in [2.05, 4.69) is 0 Å². The highest BCUT2D eigenvalue weighted by molar-refractivity contribution is 8.00. The third kappa shape index (κ3) is 5.08. The van der Waals surface area contributed by atoms with Gasteiger partial charge >= 0.3 is 17.9 Å². The summed E-state index contributed by atoms with van der Waals surface area (Å²) in [6.07, 6.45) is -4.32. The number of esters is 3. The van der Waals surface area contributed by atoms with E-state index in [1.165, 1.54) is 13.8 Å². The molecule has 1 N–H and O–H groups in total. The Balaban J connectivity index is 3.24. The first-order valence-electron chi connectivity index (χ1n) is 7.16. The number of carbonyl (C=O) groups excluding carboxylic acids is 3. The second kappa shape index (κ2) is 7.98. The lowest BCUT2D eigenvalue weighted by molar-refractivity contribution is -0.304. The van der Waals surface area contributed by atoms with Crippen LogP contribution >= 0.6 is 11.8 Å². The van der Waals surface area contributed by atoms with Crippen molar-refractivity contribution in [1.29, 1.82) is 0 Å². The average Bonchev–Trinajstić information content (AvgIpc) is 2.38. The van der Waals surface area contributed by atoms with Crippen molar-refractivity contribution in [3.05, 3.63) is 0 Å². The average molecular weight is 350 g/mol. The van der Waals surface area contributed by atoms with Gasteiger partial charge in [-0.15, -0.1) is 0 Å². The minimum absolute atomic E-state index is 0.450. The molecule has 9 heteroatoms. The molecule has 0 aromatic rings. The van der Waals surface area contributed by atoms with E-state index in [4.69, 9.17) is 18.9 Å². The van der Waals surface area contributed by atoms with Gasteiger partial charge in [0, 0.05) is 20.8 Å². The van der Waals surface area contributed by atoms with Crippen LogP contribution in [0.1, 0.15) is 34.6 Å². The van der Waals surface area contributed by atoms with E-state index in [0.717, 1.165) is 18.7 Å². The highest BCUT2D eigenvalue weighted by Crippen LogP contribution is 2.40. The molecule has 1 aliphatic rings. The van der Waals surface area contributed by atoms with Crippen LogP contribution in [-0.2, 0) is 33.3 Å². The summed E-state index contributed by atoms with van der Waals surface area (Å²) in [5.41, 5.74) is 0. The van der Waals surface area contributed by atoms with Crippen molar-refractivity contribution in [2.24, 2.45) is 0 Å². The summed E-state index contributed by atoms with van der Waals surface area (Å²) >= 11 is 0.984. The summed E-state index contributed by atoms with van der Waals surface area (Å²) in [6, 6.07) is 0. The Morgan fingerprint density at radius 3 is 1.96 bits per heavy atom. The fraction of sp³-hybridized carbons (Fsp3) is 0.786. The molecule has 0 amide bonds. The maximum atomic E-state index is 11.4. The van der Waals surface area contributed by atoms with Gasteiger partial charge < -0.3 is 24.1 Å². The zero-order chi connectivity index (χ0) is 17.8. The third-order valence-corrected chi connectivity index (χ3v) is 4.08. The molecule has 0 aliphatic carbocycles. The lowest BCUT2D eigenvalue weighted by atomic mass is 9.98. The number of carbonyl (C=O) groups is 3. The predicted molar refractivity (Wildman–Crippen MR) is 80.3 cm³/mol. The smallest absolute Gasteiger partial charge is 0.303 e. The number of thioether (sulfide) groups is 1. The molecule has 5 atom stereocenters. The summed E-state index contributed by atoms with van der Waals surface area (Å²) in [5, 5.41) is 8.80. The summed E-state index contributed by atoms with van der Waals surface area (Å²) in [7, 11) is 0. The first-order chi connectivity index (χ1) is 10.6. The molecule has 1 unspecified atom stereocenters. The van der Waals surface area contributed by atoms with E-state index in [1.807, 2.05) is 0 Å². The number of ether oxygens (including phenoxy) is 4. The maximum Gasteiger partial charge on any atom is 0.303 e. The van der Waals surface area contributed by atoms with Crippen LogP contribution in [0.2, 0.25) is 0 Å². The molecule has 0 aromatic heterocycles. The molecule has 1 heterocycles. The molecular weight excluding hydrogens is 328 g/mol. The van der Waals surface area contributed by atoms with Crippen molar-refractivity contribution in [1.82, 2.24) is 0 Å². The van der Waals surface area contributed by atoms with Crippen LogP contribution in [0.4, 0.5) is 0 Å². The van der Waals surface area contributed by atoms with Gasteiger partial charge in [0.05, 0.1) is 6.10 Å². The number of hydrogen-bond donors (Lipinski definition) is 1. The van der Waals surface area contributed by atoms with Crippen LogP contribution in [0.25, 0.3) is 0 Å². The summed E-state index contributed by atoms with van der Waals surface area (Å²) in [5.74, 6) is -1.52. The molecule has 1 aliphatic heterocycles. The number of aliphatic hydroxyl groups is 1. The second-order valence-corrected chi connectivity index (χ2v) is 6.52. The highest BCUT2D eigenvalue weighted by Gasteiger charge is 2.58. The molecule has 0 spiro atoms. The Bertz CT molecular complexity index is 468. The fourth-order valence-electron chi connectivity index (χ4n) is 2.37. The zero-order valence-corrected chi connectivity index (χ0v) is 14.5. The summed E-state index contributed by atoms with van der Waals surface area (Å²) in [6.45, 7) is 6.86. The van der Waals surface area contributed by atoms with E-state index >= 15 is 0 Å². The molecule has 1 fully saturated rings. The van der Waals surface area contributed by atoms with Gasteiger partial charge in [-0.25, -0.2) is 0 Å². The number of hydrogen-bond acceptors (Lipinski definition) is 9. The van der Waals surface area contributed by atoms with Gasteiger partial charge in [0.2, 0.25) is 6.10 Å². The predicted octanol–water partition coefficient (Wildman–Crippen LogP) is 0.599.